The quantitative estimate of drug-likeness (QED) is 0.0497. The second kappa shape index (κ2) is 12.8. The summed E-state index contributed by atoms with van der Waals surface area (Å²) in [7, 11) is -2.98. The molecule has 1 aliphatic rings. The zero-order valence-electron chi connectivity index (χ0n) is 27.8. The van der Waals surface area contributed by atoms with Gasteiger partial charge >= 0.3 is 0 Å². The first-order valence-corrected chi connectivity index (χ1v) is 17.6. The van der Waals surface area contributed by atoms with Gasteiger partial charge in [0.1, 0.15) is 40.0 Å². The van der Waals surface area contributed by atoms with Crippen molar-refractivity contribution in [1.82, 2.24) is 0 Å². The van der Waals surface area contributed by atoms with Crippen molar-refractivity contribution < 1.29 is 43.9 Å². The monoisotopic (exact) mass is 708 g/mol. The number of halogens is 10. The third-order valence-electron chi connectivity index (χ3n) is 9.73. The van der Waals surface area contributed by atoms with Crippen molar-refractivity contribution in [3.63, 3.8) is 0 Å². The molecule has 12 heteroatoms. The van der Waals surface area contributed by atoms with Crippen molar-refractivity contribution in [2.24, 2.45) is 0 Å². The highest BCUT2D eigenvalue weighted by Gasteiger charge is 2.51. The number of allylic oxidation sites excluding steroid dienone is 1. The molecule has 4 aromatic carbocycles. The molecule has 5 rings (SSSR count). The molecule has 0 amide bonds. The van der Waals surface area contributed by atoms with Crippen molar-refractivity contribution >= 4 is 34.9 Å². The predicted octanol–water partition coefficient (Wildman–Crippen LogP) is 8.81. The van der Waals surface area contributed by atoms with Crippen LogP contribution >= 0.6 is 7.26 Å². The average Bonchev–Trinajstić information content (AvgIpc) is 3.00. The minimum atomic E-state index is -4.13. The van der Waals surface area contributed by atoms with Crippen LogP contribution in [0.25, 0.3) is 0 Å². The molecule has 0 aromatic heterocycles. The normalized spacial score (nSPS) is 15.7. The molecular formula is C37H32BF10P. The summed E-state index contributed by atoms with van der Waals surface area (Å²) >= 11 is 0. The summed E-state index contributed by atoms with van der Waals surface area (Å²) in [6.07, 6.45) is -4.77. The molecule has 0 atom stereocenters. The van der Waals surface area contributed by atoms with Crippen LogP contribution in [0.4, 0.5) is 43.9 Å². The molecule has 0 radical (unpaired) electrons. The molecule has 258 valence electrons. The van der Waals surface area contributed by atoms with Gasteiger partial charge in [0.05, 0.1) is 13.4 Å². The lowest BCUT2D eigenvalue weighted by Crippen LogP contribution is -2.63. The van der Waals surface area contributed by atoms with E-state index in [1.807, 2.05) is 65.8 Å². The van der Waals surface area contributed by atoms with Crippen LogP contribution in [-0.2, 0) is 0 Å². The van der Waals surface area contributed by atoms with E-state index in [-0.39, 0.29) is 6.16 Å². The molecule has 0 fully saturated rings. The molecule has 4 aromatic rings. The van der Waals surface area contributed by atoms with Gasteiger partial charge in [-0.05, 0) is 70.7 Å². The summed E-state index contributed by atoms with van der Waals surface area (Å²) < 4.78 is 152. The van der Waals surface area contributed by atoms with Crippen LogP contribution in [0.2, 0.25) is 6.32 Å². The van der Waals surface area contributed by atoms with Gasteiger partial charge in [0.2, 0.25) is 0 Å². The molecule has 0 saturated heterocycles. The van der Waals surface area contributed by atoms with Crippen LogP contribution in [0.5, 0.6) is 0 Å². The van der Waals surface area contributed by atoms with Crippen molar-refractivity contribution in [1.29, 1.82) is 0 Å². The van der Waals surface area contributed by atoms with E-state index < -0.39 is 88.8 Å². The number of aryl methyl sites for hydroxylation is 6. The standard InChI is InChI=1S/C37H32BF10P/c1-17-8-9-38(24-26(39)30(43)34(47)31(44)27(24)40,25-28(41)32(45)35(48)33(46)29(25)42)10-11-49(16-17,36-20(4)12-18(2)13-21(36)5)37-22(6)14-19(3)15-23(37)7/h9,12-15H,10-11,16H2,1-7H3. The zero-order chi connectivity index (χ0) is 36.5. The topological polar surface area (TPSA) is 0 Å². The fourth-order valence-corrected chi connectivity index (χ4v) is 14.1. The van der Waals surface area contributed by atoms with E-state index in [1.54, 1.807) is 6.92 Å². The van der Waals surface area contributed by atoms with E-state index >= 15 is 17.6 Å². The Morgan fingerprint density at radius 2 is 0.796 bits per heavy atom. The lowest BCUT2D eigenvalue weighted by atomic mass is 9.17. The maximum Gasteiger partial charge on any atom is 0.200 e. The van der Waals surface area contributed by atoms with Gasteiger partial charge < -0.3 is 0 Å². The van der Waals surface area contributed by atoms with Gasteiger partial charge in [0, 0.05) is 11.7 Å². The van der Waals surface area contributed by atoms with Gasteiger partial charge in [-0.1, -0.05) is 35.4 Å². The lowest BCUT2D eigenvalue weighted by molar-refractivity contribution is 0.381. The molecule has 1 heterocycles. The third-order valence-corrected chi connectivity index (χ3v) is 14.9. The first-order valence-electron chi connectivity index (χ1n) is 15.5. The Morgan fingerprint density at radius 1 is 0.490 bits per heavy atom. The summed E-state index contributed by atoms with van der Waals surface area (Å²) in [5.41, 5.74) is 4.96. The van der Waals surface area contributed by atoms with Gasteiger partial charge in [0.25, 0.3) is 0 Å². The Hall–Kier alpha value is -3.81. The summed E-state index contributed by atoms with van der Waals surface area (Å²) in [4.78, 5) is 0. The fraction of sp³-hybridized carbons (Fsp3) is 0.270. The van der Waals surface area contributed by atoms with E-state index in [2.05, 4.69) is 5.73 Å². The second-order valence-corrected chi connectivity index (χ2v) is 16.9. The third kappa shape index (κ3) is 5.63. The highest BCUT2D eigenvalue weighted by atomic mass is 31.2. The Balaban J connectivity index is 2.02. The molecule has 0 unspecified atom stereocenters. The van der Waals surface area contributed by atoms with E-state index in [0.717, 1.165) is 50.0 Å². The molecule has 0 spiro atoms. The van der Waals surface area contributed by atoms with Crippen molar-refractivity contribution in [3.8, 4) is 0 Å². The van der Waals surface area contributed by atoms with Crippen molar-refractivity contribution in [2.45, 2.75) is 54.8 Å². The minimum absolute atomic E-state index is 0.170. The van der Waals surface area contributed by atoms with Crippen LogP contribution in [0, 0.1) is 99.7 Å². The number of hydrogen-bond acceptors (Lipinski definition) is 0. The largest absolute Gasteiger partial charge is 0.207 e. The Kier molecular flexibility index (Phi) is 9.54. The molecule has 0 aliphatic carbocycles. The van der Waals surface area contributed by atoms with Gasteiger partial charge in [0.15, 0.2) is 34.9 Å². The van der Waals surface area contributed by atoms with Gasteiger partial charge in [-0.3, -0.25) is 0 Å². The Morgan fingerprint density at radius 3 is 1.12 bits per heavy atom. The highest BCUT2D eigenvalue weighted by Crippen LogP contribution is 2.62. The van der Waals surface area contributed by atoms with Crippen LogP contribution < -0.4 is 21.5 Å². The average molecular weight is 708 g/mol. The van der Waals surface area contributed by atoms with Crippen LogP contribution in [0.1, 0.15) is 40.3 Å². The van der Waals surface area contributed by atoms with E-state index in [9.17, 15) is 26.3 Å². The zero-order valence-corrected chi connectivity index (χ0v) is 28.7. The molecule has 1 aliphatic heterocycles. The van der Waals surface area contributed by atoms with Crippen molar-refractivity contribution in [2.75, 3.05) is 12.3 Å². The minimum Gasteiger partial charge on any atom is -0.207 e. The molecule has 49 heavy (non-hydrogen) atoms. The Labute approximate surface area is 278 Å². The van der Waals surface area contributed by atoms with Gasteiger partial charge in [-0.2, -0.15) is 11.7 Å². The Bertz CT molecular complexity index is 1900. The summed E-state index contributed by atoms with van der Waals surface area (Å²) in [6.45, 7) is 12.9. The first kappa shape index (κ1) is 36.5. The van der Waals surface area contributed by atoms with Crippen LogP contribution in [-0.4, -0.2) is 18.5 Å². The number of benzene rings is 4. The van der Waals surface area contributed by atoms with Crippen molar-refractivity contribution in [3.05, 3.63) is 133 Å². The maximum atomic E-state index is 15.9. The first-order chi connectivity index (χ1) is 22.8. The SMILES string of the molecule is CC1=C=C[B-](c2c(F)c(F)c(F)c(F)c2F)(c2c(F)c(F)c(F)c(F)c2F)CC[P+](c2c(C)cc(C)cc2C)(c2c(C)cc(C)cc2C)C1. The molecule has 0 N–H and O–H groups in total. The smallest absolute Gasteiger partial charge is 0.200 e. The van der Waals surface area contributed by atoms with Crippen LogP contribution in [0.15, 0.2) is 41.5 Å². The summed E-state index contributed by atoms with van der Waals surface area (Å²) in [6, 6.07) is 7.73. The number of hydrogen-bond donors (Lipinski definition) is 0. The fourth-order valence-electron chi connectivity index (χ4n) is 8.26. The van der Waals surface area contributed by atoms with Gasteiger partial charge in [-0.15, -0.1) is 17.2 Å². The van der Waals surface area contributed by atoms with Gasteiger partial charge in [-0.25, -0.2) is 43.9 Å². The molecule has 0 saturated carbocycles. The molecule has 0 nitrogen and oxygen atoms in total. The van der Waals surface area contributed by atoms with E-state index in [1.165, 1.54) is 0 Å². The molecular weight excluding hydrogens is 676 g/mol. The van der Waals surface area contributed by atoms with Crippen LogP contribution in [0.3, 0.4) is 0 Å². The van der Waals surface area contributed by atoms with E-state index in [0.29, 0.717) is 11.7 Å². The lowest BCUT2D eigenvalue weighted by Gasteiger charge is -2.43. The molecule has 0 bridgehead atoms. The summed E-state index contributed by atoms with van der Waals surface area (Å²) in [5.74, 6) is -23.8. The summed E-state index contributed by atoms with van der Waals surface area (Å²) in [5, 5.41) is 1.69. The predicted molar refractivity (Wildman–Crippen MR) is 177 cm³/mol. The van der Waals surface area contributed by atoms with E-state index in [4.69, 9.17) is 0 Å². The second-order valence-electron chi connectivity index (χ2n) is 13.3. The highest BCUT2D eigenvalue weighted by molar-refractivity contribution is 7.90. The number of rotatable bonds is 4. The maximum absolute atomic E-state index is 15.9.